The second kappa shape index (κ2) is 25.7. The van der Waals surface area contributed by atoms with Gasteiger partial charge >= 0.3 is 0 Å². The maximum atomic E-state index is 12.3. The van der Waals surface area contributed by atoms with Gasteiger partial charge in [-0.05, 0) is 56.4 Å². The van der Waals surface area contributed by atoms with Crippen LogP contribution in [0, 0.1) is 6.92 Å². The van der Waals surface area contributed by atoms with Crippen LogP contribution < -0.4 is 15.4 Å². The molecule has 2 aromatic carbocycles. The summed E-state index contributed by atoms with van der Waals surface area (Å²) in [5, 5.41) is 33.1. The van der Waals surface area contributed by atoms with E-state index >= 15 is 0 Å². The van der Waals surface area contributed by atoms with Gasteiger partial charge in [0.05, 0.1) is 13.2 Å². The van der Waals surface area contributed by atoms with Crippen molar-refractivity contribution < 1.29 is 29.6 Å². The Morgan fingerprint density at radius 2 is 1.53 bits per heavy atom. The molecule has 0 atom stereocenters. The molecule has 0 aliphatic carbocycles. The second-order valence-electron chi connectivity index (χ2n) is 9.84. The van der Waals surface area contributed by atoms with Crippen molar-refractivity contribution in [2.45, 2.75) is 100.0 Å². The van der Waals surface area contributed by atoms with Crippen LogP contribution in [0.5, 0.6) is 11.5 Å². The Kier molecular flexibility index (Phi) is 25.4. The summed E-state index contributed by atoms with van der Waals surface area (Å²) < 4.78 is 5.86. The van der Waals surface area contributed by atoms with Crippen molar-refractivity contribution >= 4 is 23.6 Å². The Balaban J connectivity index is 0. The number of phenolic OH excluding ortho intramolecular Hbond substituents is 1. The van der Waals surface area contributed by atoms with Crippen LogP contribution in [0.2, 0.25) is 0 Å². The molecular formula is C34H58N2O6S. The van der Waals surface area contributed by atoms with E-state index < -0.39 is 5.54 Å². The Labute approximate surface area is 265 Å². The van der Waals surface area contributed by atoms with Gasteiger partial charge in [-0.2, -0.15) is 0 Å². The molecule has 0 spiro atoms. The maximum absolute atomic E-state index is 12.3. The average Bonchev–Trinajstić information content (AvgIpc) is 2.98. The quantitative estimate of drug-likeness (QED) is 0.119. The Bertz CT molecular complexity index is 1010. The van der Waals surface area contributed by atoms with Gasteiger partial charge in [0.1, 0.15) is 23.0 Å². The lowest BCUT2D eigenvalue weighted by molar-refractivity contribution is -0.132. The predicted molar refractivity (Wildman–Crippen MR) is 181 cm³/mol. The highest BCUT2D eigenvalue weighted by Crippen LogP contribution is 2.31. The summed E-state index contributed by atoms with van der Waals surface area (Å²) >= 11 is 1.48. The molecule has 0 bridgehead atoms. The van der Waals surface area contributed by atoms with Gasteiger partial charge in [-0.3, -0.25) is 9.59 Å². The Morgan fingerprint density at radius 3 is 2.09 bits per heavy atom. The minimum atomic E-state index is -1.04. The zero-order chi connectivity index (χ0) is 33.3. The zero-order valence-corrected chi connectivity index (χ0v) is 28.8. The third-order valence-electron chi connectivity index (χ3n) is 5.64. The van der Waals surface area contributed by atoms with Crippen molar-refractivity contribution in [3.8, 4) is 11.5 Å². The van der Waals surface area contributed by atoms with Crippen LogP contribution in [-0.4, -0.2) is 64.1 Å². The van der Waals surface area contributed by atoms with Gasteiger partial charge in [-0.1, -0.05) is 72.2 Å². The predicted octanol–water partition coefficient (Wildman–Crippen LogP) is 6.15. The van der Waals surface area contributed by atoms with Crippen molar-refractivity contribution in [1.29, 1.82) is 0 Å². The van der Waals surface area contributed by atoms with Gasteiger partial charge < -0.3 is 30.7 Å². The van der Waals surface area contributed by atoms with Crippen molar-refractivity contribution in [3.63, 3.8) is 0 Å². The summed E-state index contributed by atoms with van der Waals surface area (Å²) in [7, 11) is 0. The van der Waals surface area contributed by atoms with Crippen LogP contribution in [0.3, 0.4) is 0 Å². The highest BCUT2D eigenvalue weighted by Gasteiger charge is 2.28. The van der Waals surface area contributed by atoms with Gasteiger partial charge in [0.2, 0.25) is 11.8 Å². The highest BCUT2D eigenvalue weighted by molar-refractivity contribution is 7.99. The lowest BCUT2D eigenvalue weighted by Gasteiger charge is -2.25. The number of aliphatic hydroxyl groups is 2. The molecule has 0 fully saturated rings. The van der Waals surface area contributed by atoms with Crippen molar-refractivity contribution in [3.05, 3.63) is 58.7 Å². The lowest BCUT2D eigenvalue weighted by atomic mass is 9.97. The molecule has 2 aromatic rings. The molecule has 8 nitrogen and oxygen atoms in total. The summed E-state index contributed by atoms with van der Waals surface area (Å²) in [5.74, 6) is 1.26. The number of thioether (sulfide) groups is 1. The highest BCUT2D eigenvalue weighted by atomic mass is 32.2. The molecule has 0 heterocycles. The number of carbonyl (C=O) groups is 2. The summed E-state index contributed by atoms with van der Waals surface area (Å²) in [4.78, 5) is 24.4. The number of hydrogen-bond donors (Lipinski definition) is 5. The standard InChI is InChI=1S/C27H38N2O6S.C3H8.2C2H6/c1-19-15-22(32)17-24(35-18-36-14-13-31)23(19)16-21-9-7-20(8-10-21)5-4-6-25(33)29-27(2,3)26(34)28-11-12-30;1-3-2;2*1-2/h7-10,15,17,30-32H,4-6,11-14,16,18H2,1-3H3,(H,28,34)(H,29,33);3H2,1-2H3;2*1-2H3. The number of aryl methyl sites for hydroxylation is 2. The van der Waals surface area contributed by atoms with E-state index in [4.69, 9.17) is 14.9 Å². The minimum Gasteiger partial charge on any atom is -0.508 e. The number of aromatic hydroxyl groups is 1. The third kappa shape index (κ3) is 18.5. The van der Waals surface area contributed by atoms with Crippen LogP contribution >= 0.6 is 11.8 Å². The van der Waals surface area contributed by atoms with E-state index in [9.17, 15) is 14.7 Å². The zero-order valence-electron chi connectivity index (χ0n) is 28.0. The summed E-state index contributed by atoms with van der Waals surface area (Å²) in [6.45, 7) is 17.6. The molecule has 5 N–H and O–H groups in total. The monoisotopic (exact) mass is 622 g/mol. The van der Waals surface area contributed by atoms with E-state index in [0.29, 0.717) is 36.7 Å². The maximum Gasteiger partial charge on any atom is 0.245 e. The average molecular weight is 623 g/mol. The summed E-state index contributed by atoms with van der Waals surface area (Å²) in [5.41, 5.74) is 3.13. The van der Waals surface area contributed by atoms with Crippen molar-refractivity contribution in [2.24, 2.45) is 0 Å². The van der Waals surface area contributed by atoms with E-state index in [0.717, 1.165) is 28.7 Å². The molecule has 2 amide bonds. The first-order valence-corrected chi connectivity index (χ1v) is 16.6. The first-order valence-electron chi connectivity index (χ1n) is 15.5. The second-order valence-corrected chi connectivity index (χ2v) is 10.9. The van der Waals surface area contributed by atoms with Crippen LogP contribution in [0.1, 0.15) is 96.9 Å². The molecule has 0 saturated heterocycles. The SMILES string of the molecule is CC.CC.CCC.Cc1cc(O)cc(OCSCCO)c1Cc1ccc(CCCC(=O)NC(C)(C)C(=O)NCCO)cc1. The van der Waals surface area contributed by atoms with Crippen LogP contribution in [0.4, 0.5) is 0 Å². The lowest BCUT2D eigenvalue weighted by Crippen LogP contribution is -2.55. The normalized spacial score (nSPS) is 10.1. The van der Waals surface area contributed by atoms with Crippen molar-refractivity contribution in [2.75, 3.05) is 31.5 Å². The molecule has 0 saturated carbocycles. The van der Waals surface area contributed by atoms with E-state index in [1.54, 1.807) is 26.0 Å². The van der Waals surface area contributed by atoms with Gasteiger partial charge in [0, 0.05) is 36.8 Å². The van der Waals surface area contributed by atoms with E-state index in [1.807, 2.05) is 46.8 Å². The van der Waals surface area contributed by atoms with E-state index in [2.05, 4.69) is 36.6 Å². The Morgan fingerprint density at radius 1 is 0.953 bits per heavy atom. The number of aliphatic hydroxyl groups excluding tert-OH is 2. The molecule has 0 aliphatic heterocycles. The number of carbonyl (C=O) groups excluding carboxylic acids is 2. The molecule has 43 heavy (non-hydrogen) atoms. The van der Waals surface area contributed by atoms with Crippen LogP contribution in [0.25, 0.3) is 0 Å². The topological polar surface area (TPSA) is 128 Å². The number of hydrogen-bond acceptors (Lipinski definition) is 7. The van der Waals surface area contributed by atoms with Gasteiger partial charge in [-0.25, -0.2) is 0 Å². The number of phenols is 1. The number of rotatable bonds is 15. The van der Waals surface area contributed by atoms with Crippen LogP contribution in [0.15, 0.2) is 36.4 Å². The largest absolute Gasteiger partial charge is 0.508 e. The number of nitrogens with one attached hydrogen (secondary N) is 2. The molecule has 0 unspecified atom stereocenters. The molecule has 246 valence electrons. The third-order valence-corrected chi connectivity index (χ3v) is 6.40. The minimum absolute atomic E-state index is 0.0948. The summed E-state index contributed by atoms with van der Waals surface area (Å²) in [6, 6.07) is 11.6. The smallest absolute Gasteiger partial charge is 0.245 e. The Hall–Kier alpha value is -2.75. The first-order chi connectivity index (χ1) is 20.6. The molecule has 0 aliphatic rings. The van der Waals surface area contributed by atoms with Gasteiger partial charge in [0.15, 0.2) is 0 Å². The molecule has 0 radical (unpaired) electrons. The number of ether oxygens (including phenoxy) is 1. The van der Waals surface area contributed by atoms with Gasteiger partial charge in [-0.15, -0.1) is 11.8 Å². The number of amides is 2. The fourth-order valence-electron chi connectivity index (χ4n) is 3.69. The van der Waals surface area contributed by atoms with E-state index in [1.165, 1.54) is 18.2 Å². The van der Waals surface area contributed by atoms with Crippen LogP contribution in [-0.2, 0) is 22.4 Å². The van der Waals surface area contributed by atoms with E-state index in [-0.39, 0.29) is 37.3 Å². The first kappa shape index (κ1) is 42.4. The molecule has 9 heteroatoms. The fraction of sp³-hybridized carbons (Fsp3) is 0.588. The molecule has 2 rings (SSSR count). The number of benzene rings is 2. The van der Waals surface area contributed by atoms with Gasteiger partial charge in [0.25, 0.3) is 0 Å². The summed E-state index contributed by atoms with van der Waals surface area (Å²) in [6.07, 6.45) is 3.60. The van der Waals surface area contributed by atoms with Crippen molar-refractivity contribution in [1.82, 2.24) is 10.6 Å². The molecule has 0 aromatic heterocycles. The molecular weight excluding hydrogens is 564 g/mol. The fourth-order valence-corrected chi connectivity index (χ4v) is 4.15.